The molecule has 30 heavy (non-hydrogen) atoms. The lowest BCUT2D eigenvalue weighted by Gasteiger charge is -2.33. The van der Waals surface area contributed by atoms with Gasteiger partial charge in [-0.1, -0.05) is 41.9 Å². The van der Waals surface area contributed by atoms with Crippen molar-refractivity contribution in [3.8, 4) is 0 Å². The SMILES string of the molecule is O=C(NCC1CN(Cc2ccccc2)CCO1)c1ccc(Cl)c(N2CCCC2=O)c1. The molecule has 4 rings (SSSR count). The summed E-state index contributed by atoms with van der Waals surface area (Å²) in [5.74, 6) is -0.146. The molecule has 0 bridgehead atoms. The van der Waals surface area contributed by atoms with Crippen molar-refractivity contribution in [1.82, 2.24) is 10.2 Å². The molecule has 0 spiro atoms. The summed E-state index contributed by atoms with van der Waals surface area (Å²) in [6.07, 6.45) is 1.27. The molecular formula is C23H26ClN3O3. The Hall–Kier alpha value is -2.41. The Morgan fingerprint density at radius 2 is 2.00 bits per heavy atom. The lowest BCUT2D eigenvalue weighted by molar-refractivity contribution is -0.117. The molecule has 6 nitrogen and oxygen atoms in total. The summed E-state index contributed by atoms with van der Waals surface area (Å²) in [5, 5.41) is 3.44. The van der Waals surface area contributed by atoms with E-state index in [4.69, 9.17) is 16.3 Å². The molecule has 2 aliphatic rings. The molecule has 0 aromatic heterocycles. The summed E-state index contributed by atoms with van der Waals surface area (Å²) in [5.41, 5.74) is 2.37. The number of anilines is 1. The number of amides is 2. The van der Waals surface area contributed by atoms with Crippen LogP contribution >= 0.6 is 11.6 Å². The number of halogens is 1. The lowest BCUT2D eigenvalue weighted by atomic mass is 10.1. The van der Waals surface area contributed by atoms with Gasteiger partial charge in [0.25, 0.3) is 5.91 Å². The van der Waals surface area contributed by atoms with Crippen molar-refractivity contribution in [3.63, 3.8) is 0 Å². The highest BCUT2D eigenvalue weighted by atomic mass is 35.5. The van der Waals surface area contributed by atoms with Crippen molar-refractivity contribution >= 4 is 29.1 Å². The van der Waals surface area contributed by atoms with E-state index in [9.17, 15) is 9.59 Å². The van der Waals surface area contributed by atoms with Crippen molar-refractivity contribution in [1.29, 1.82) is 0 Å². The van der Waals surface area contributed by atoms with Crippen LogP contribution in [0.5, 0.6) is 0 Å². The van der Waals surface area contributed by atoms with Crippen molar-refractivity contribution < 1.29 is 14.3 Å². The number of carbonyl (C=O) groups excluding carboxylic acids is 2. The van der Waals surface area contributed by atoms with Crippen LogP contribution in [0.4, 0.5) is 5.69 Å². The molecular weight excluding hydrogens is 402 g/mol. The van der Waals surface area contributed by atoms with E-state index in [1.807, 2.05) is 18.2 Å². The first-order valence-electron chi connectivity index (χ1n) is 10.4. The minimum atomic E-state index is -0.191. The summed E-state index contributed by atoms with van der Waals surface area (Å²) in [4.78, 5) is 28.7. The predicted octanol–water partition coefficient (Wildman–Crippen LogP) is 3.10. The van der Waals surface area contributed by atoms with E-state index in [2.05, 4.69) is 22.3 Å². The molecule has 2 aliphatic heterocycles. The average molecular weight is 428 g/mol. The smallest absolute Gasteiger partial charge is 0.251 e. The normalized spacial score (nSPS) is 19.8. The van der Waals surface area contributed by atoms with Gasteiger partial charge in [-0.2, -0.15) is 0 Å². The van der Waals surface area contributed by atoms with Crippen molar-refractivity contribution in [2.45, 2.75) is 25.5 Å². The standard InChI is InChI=1S/C23H26ClN3O3/c24-20-9-8-18(13-21(20)27-10-4-7-22(27)28)23(29)25-14-19-16-26(11-12-30-19)15-17-5-2-1-3-6-17/h1-3,5-6,8-9,13,19H,4,7,10-12,14-16H2,(H,25,29). The third-order valence-electron chi connectivity index (χ3n) is 5.53. The Morgan fingerprint density at radius 3 is 2.77 bits per heavy atom. The van der Waals surface area contributed by atoms with Crippen LogP contribution in [0.15, 0.2) is 48.5 Å². The van der Waals surface area contributed by atoms with E-state index >= 15 is 0 Å². The first-order chi connectivity index (χ1) is 14.6. The maximum atomic E-state index is 12.7. The molecule has 1 N–H and O–H groups in total. The Kier molecular flexibility index (Phi) is 6.67. The van der Waals surface area contributed by atoms with E-state index in [-0.39, 0.29) is 17.9 Å². The molecule has 0 saturated carbocycles. The van der Waals surface area contributed by atoms with Gasteiger partial charge in [0.15, 0.2) is 0 Å². The van der Waals surface area contributed by atoms with Gasteiger partial charge < -0.3 is 15.0 Å². The highest BCUT2D eigenvalue weighted by Crippen LogP contribution is 2.30. The zero-order valence-electron chi connectivity index (χ0n) is 16.9. The summed E-state index contributed by atoms with van der Waals surface area (Å²) >= 11 is 6.28. The number of ether oxygens (including phenoxy) is 1. The van der Waals surface area contributed by atoms with Crippen LogP contribution in [0.1, 0.15) is 28.8 Å². The molecule has 2 aromatic rings. The molecule has 7 heteroatoms. The number of carbonyl (C=O) groups is 2. The fourth-order valence-corrected chi connectivity index (χ4v) is 4.18. The summed E-state index contributed by atoms with van der Waals surface area (Å²) in [7, 11) is 0. The first kappa shape index (κ1) is 20.8. The van der Waals surface area contributed by atoms with Crippen LogP contribution in [0.2, 0.25) is 5.02 Å². The minimum absolute atomic E-state index is 0.0450. The van der Waals surface area contributed by atoms with Crippen LogP contribution in [-0.4, -0.2) is 55.6 Å². The average Bonchev–Trinajstić information content (AvgIpc) is 3.19. The van der Waals surface area contributed by atoms with Gasteiger partial charge in [-0.3, -0.25) is 14.5 Å². The fraction of sp³-hybridized carbons (Fsp3) is 0.391. The van der Waals surface area contributed by atoms with Crippen molar-refractivity contribution in [2.75, 3.05) is 37.7 Å². The maximum Gasteiger partial charge on any atom is 0.251 e. The largest absolute Gasteiger partial charge is 0.374 e. The number of hydrogen-bond donors (Lipinski definition) is 1. The molecule has 2 fully saturated rings. The fourth-order valence-electron chi connectivity index (χ4n) is 3.96. The highest BCUT2D eigenvalue weighted by Gasteiger charge is 2.25. The van der Waals surface area contributed by atoms with Crippen LogP contribution in [0.3, 0.4) is 0 Å². The molecule has 158 valence electrons. The van der Waals surface area contributed by atoms with Crippen LogP contribution in [-0.2, 0) is 16.1 Å². The second kappa shape index (κ2) is 9.60. The van der Waals surface area contributed by atoms with Gasteiger partial charge in [0.05, 0.1) is 23.4 Å². The monoisotopic (exact) mass is 427 g/mol. The van der Waals surface area contributed by atoms with Gasteiger partial charge in [0.1, 0.15) is 0 Å². The zero-order chi connectivity index (χ0) is 20.9. The Bertz CT molecular complexity index is 906. The van der Waals surface area contributed by atoms with Crippen LogP contribution in [0, 0.1) is 0 Å². The molecule has 2 amide bonds. The Labute approximate surface area is 181 Å². The number of morpholine rings is 1. The third kappa shape index (κ3) is 5.01. The van der Waals surface area contributed by atoms with Crippen LogP contribution in [0.25, 0.3) is 0 Å². The lowest BCUT2D eigenvalue weighted by Crippen LogP contribution is -2.47. The molecule has 2 aromatic carbocycles. The van der Waals surface area contributed by atoms with Crippen molar-refractivity contribution in [3.05, 3.63) is 64.7 Å². The predicted molar refractivity (Wildman–Crippen MR) is 117 cm³/mol. The van der Waals surface area contributed by atoms with E-state index in [0.717, 1.165) is 26.1 Å². The molecule has 1 unspecified atom stereocenters. The Balaban J connectivity index is 1.33. The minimum Gasteiger partial charge on any atom is -0.374 e. The zero-order valence-corrected chi connectivity index (χ0v) is 17.6. The summed E-state index contributed by atoms with van der Waals surface area (Å²) < 4.78 is 5.84. The first-order valence-corrected chi connectivity index (χ1v) is 10.7. The number of nitrogens with one attached hydrogen (secondary N) is 1. The van der Waals surface area contributed by atoms with Crippen LogP contribution < -0.4 is 10.2 Å². The molecule has 1 atom stereocenters. The van der Waals surface area contributed by atoms with Crippen molar-refractivity contribution in [2.24, 2.45) is 0 Å². The number of hydrogen-bond acceptors (Lipinski definition) is 4. The number of nitrogens with zero attached hydrogens (tertiary/aromatic N) is 2. The van der Waals surface area contributed by atoms with Gasteiger partial charge in [-0.05, 0) is 30.2 Å². The van der Waals surface area contributed by atoms with E-state index in [1.165, 1.54) is 5.56 Å². The maximum absolute atomic E-state index is 12.7. The molecule has 0 radical (unpaired) electrons. The molecule has 2 heterocycles. The molecule has 0 aliphatic carbocycles. The second-order valence-corrected chi connectivity index (χ2v) is 8.15. The second-order valence-electron chi connectivity index (χ2n) is 7.74. The van der Waals surface area contributed by atoms with Gasteiger partial charge in [-0.15, -0.1) is 0 Å². The highest BCUT2D eigenvalue weighted by molar-refractivity contribution is 6.34. The summed E-state index contributed by atoms with van der Waals surface area (Å²) in [6.45, 7) is 4.24. The third-order valence-corrected chi connectivity index (χ3v) is 5.85. The molecule has 2 saturated heterocycles. The van der Waals surface area contributed by atoms with E-state index in [0.29, 0.717) is 42.4 Å². The van der Waals surface area contributed by atoms with Gasteiger partial charge in [-0.25, -0.2) is 0 Å². The van der Waals surface area contributed by atoms with Gasteiger partial charge in [0, 0.05) is 44.7 Å². The van der Waals surface area contributed by atoms with E-state index in [1.54, 1.807) is 23.1 Å². The van der Waals surface area contributed by atoms with Gasteiger partial charge in [0.2, 0.25) is 5.91 Å². The quantitative estimate of drug-likeness (QED) is 0.769. The number of rotatable bonds is 6. The Morgan fingerprint density at radius 1 is 1.17 bits per heavy atom. The topological polar surface area (TPSA) is 61.9 Å². The van der Waals surface area contributed by atoms with E-state index < -0.39 is 0 Å². The number of benzene rings is 2. The summed E-state index contributed by atoms with van der Waals surface area (Å²) in [6, 6.07) is 15.4. The van der Waals surface area contributed by atoms with Gasteiger partial charge >= 0.3 is 0 Å².